The summed E-state index contributed by atoms with van der Waals surface area (Å²) in [6, 6.07) is 0. The standard InChI is InChI=1S/C56H110O14/c1-51(2)52(57)67-47-39-31-23-15-13-12-14-19-30-38-46-56(68-48-40-32-24-16-20-27-35-43-53(58-3,59-4)60-5,69-49-41-33-25-17-21-28-36-44-54(61-6,62-7)63-8)70-50-42-34-26-18-22-29-37-45-55(64-9,65-10)66-11/h1,12-50H2,2-11H3. The van der Waals surface area contributed by atoms with Crippen molar-refractivity contribution in [1.82, 2.24) is 0 Å². The highest BCUT2D eigenvalue weighted by molar-refractivity contribution is 5.86. The lowest BCUT2D eigenvalue weighted by molar-refractivity contribution is -0.384. The molecule has 0 amide bonds. The molecule has 0 unspecified atom stereocenters. The van der Waals surface area contributed by atoms with Crippen LogP contribution in [0.1, 0.15) is 232 Å². The Balaban J connectivity index is 5.29. The molecule has 0 saturated carbocycles. The number of hydrogen-bond donors (Lipinski definition) is 0. The van der Waals surface area contributed by atoms with Crippen molar-refractivity contribution < 1.29 is 66.4 Å². The van der Waals surface area contributed by atoms with Gasteiger partial charge in [-0.15, -0.1) is 0 Å². The van der Waals surface area contributed by atoms with E-state index in [0.717, 1.165) is 109 Å². The summed E-state index contributed by atoms with van der Waals surface area (Å²) in [7, 11) is 14.6. The monoisotopic (exact) mass is 1010 g/mol. The van der Waals surface area contributed by atoms with Gasteiger partial charge in [0.2, 0.25) is 0 Å². The number of esters is 1. The molecule has 14 nitrogen and oxygen atoms in total. The summed E-state index contributed by atoms with van der Waals surface area (Å²) in [6.45, 7) is 7.69. The first-order valence-electron chi connectivity index (χ1n) is 27.7. The Hall–Kier alpha value is -1.27. The van der Waals surface area contributed by atoms with Gasteiger partial charge < -0.3 is 61.6 Å². The van der Waals surface area contributed by atoms with E-state index >= 15 is 0 Å². The molecule has 0 aliphatic carbocycles. The van der Waals surface area contributed by atoms with Gasteiger partial charge in [-0.05, 0) is 58.3 Å². The molecule has 0 spiro atoms. The Morgan fingerprint density at radius 2 is 0.471 bits per heavy atom. The highest BCUT2D eigenvalue weighted by Crippen LogP contribution is 2.28. The van der Waals surface area contributed by atoms with Crippen LogP contribution in [0.2, 0.25) is 0 Å². The van der Waals surface area contributed by atoms with Crippen LogP contribution in [0.5, 0.6) is 0 Å². The first-order valence-corrected chi connectivity index (χ1v) is 27.7. The van der Waals surface area contributed by atoms with Crippen LogP contribution in [0.15, 0.2) is 12.2 Å². The fourth-order valence-electron chi connectivity index (χ4n) is 8.82. The maximum atomic E-state index is 11.6. The van der Waals surface area contributed by atoms with Gasteiger partial charge in [-0.3, -0.25) is 0 Å². The third kappa shape index (κ3) is 34.3. The van der Waals surface area contributed by atoms with E-state index in [4.69, 9.17) is 61.6 Å². The van der Waals surface area contributed by atoms with Gasteiger partial charge in [0.05, 0.1) is 26.4 Å². The van der Waals surface area contributed by atoms with Crippen LogP contribution in [0, 0.1) is 0 Å². The number of methoxy groups -OCH3 is 9. The summed E-state index contributed by atoms with van der Waals surface area (Å²) >= 11 is 0. The maximum Gasteiger partial charge on any atom is 0.333 e. The molecular weight excluding hydrogens is 897 g/mol. The molecule has 0 fully saturated rings. The lowest BCUT2D eigenvalue weighted by atomic mass is 10.1. The van der Waals surface area contributed by atoms with Crippen LogP contribution >= 0.6 is 0 Å². The molecule has 418 valence electrons. The summed E-state index contributed by atoms with van der Waals surface area (Å²) in [5, 5.41) is 0. The minimum absolute atomic E-state index is 0.289. The molecule has 0 saturated heterocycles. The Morgan fingerprint density at radius 3 is 0.686 bits per heavy atom. The Morgan fingerprint density at radius 1 is 0.286 bits per heavy atom. The molecule has 14 heteroatoms. The predicted molar refractivity (Wildman–Crippen MR) is 279 cm³/mol. The zero-order valence-electron chi connectivity index (χ0n) is 47.0. The topological polar surface area (TPSA) is 137 Å². The van der Waals surface area contributed by atoms with E-state index in [9.17, 15) is 4.79 Å². The zero-order chi connectivity index (χ0) is 51.9. The van der Waals surface area contributed by atoms with Crippen molar-refractivity contribution in [2.75, 3.05) is 90.4 Å². The smallest absolute Gasteiger partial charge is 0.333 e. The first kappa shape index (κ1) is 68.7. The summed E-state index contributed by atoms with van der Waals surface area (Å²) in [6.07, 6.45) is 37.6. The van der Waals surface area contributed by atoms with Crippen molar-refractivity contribution in [1.29, 1.82) is 0 Å². The average Bonchev–Trinajstić information content (AvgIpc) is 3.38. The van der Waals surface area contributed by atoms with Crippen molar-refractivity contribution in [3.8, 4) is 0 Å². The maximum absolute atomic E-state index is 11.6. The quantitative estimate of drug-likeness (QED) is 0.0247. The van der Waals surface area contributed by atoms with Crippen LogP contribution < -0.4 is 0 Å². The van der Waals surface area contributed by atoms with Gasteiger partial charge in [0.25, 0.3) is 23.9 Å². The fraction of sp³-hybridized carbons (Fsp3) is 0.946. The van der Waals surface area contributed by atoms with Crippen LogP contribution in [0.4, 0.5) is 0 Å². The largest absolute Gasteiger partial charge is 0.462 e. The Kier molecular flexibility index (Phi) is 45.4. The second kappa shape index (κ2) is 46.3. The molecule has 70 heavy (non-hydrogen) atoms. The van der Waals surface area contributed by atoms with Crippen LogP contribution in [0.25, 0.3) is 0 Å². The molecular formula is C56H110O14. The lowest BCUT2D eigenvalue weighted by Crippen LogP contribution is -2.40. The van der Waals surface area contributed by atoms with E-state index in [1.54, 1.807) is 70.9 Å². The highest BCUT2D eigenvalue weighted by atomic mass is 16.9. The fourth-order valence-corrected chi connectivity index (χ4v) is 8.82. The summed E-state index contributed by atoms with van der Waals surface area (Å²) in [5.74, 6) is -4.12. The molecule has 0 bridgehead atoms. The molecule has 0 heterocycles. The number of unbranched alkanes of at least 4 members (excludes halogenated alkanes) is 27. The van der Waals surface area contributed by atoms with E-state index in [-0.39, 0.29) is 5.97 Å². The number of carbonyl (C=O) groups is 1. The molecule has 0 N–H and O–H groups in total. The number of hydrogen-bond acceptors (Lipinski definition) is 14. The third-order valence-electron chi connectivity index (χ3n) is 13.6. The Bertz CT molecular complexity index is 1040. The van der Waals surface area contributed by atoms with Gasteiger partial charge in [-0.25, -0.2) is 4.79 Å². The van der Waals surface area contributed by atoms with Crippen LogP contribution in [-0.4, -0.2) is 120 Å². The van der Waals surface area contributed by atoms with Crippen molar-refractivity contribution in [3.63, 3.8) is 0 Å². The Labute approximate surface area is 429 Å². The van der Waals surface area contributed by atoms with Gasteiger partial charge in [0.15, 0.2) is 0 Å². The van der Waals surface area contributed by atoms with Gasteiger partial charge in [0.1, 0.15) is 0 Å². The summed E-state index contributed by atoms with van der Waals surface area (Å²) in [5.41, 5.74) is 0.460. The molecule has 0 radical (unpaired) electrons. The molecule has 0 rings (SSSR count). The van der Waals surface area contributed by atoms with E-state index in [1.807, 2.05) is 0 Å². The first-order chi connectivity index (χ1) is 34.0. The molecule has 0 atom stereocenters. The second-order valence-corrected chi connectivity index (χ2v) is 19.0. The minimum Gasteiger partial charge on any atom is -0.462 e. The summed E-state index contributed by atoms with van der Waals surface area (Å²) in [4.78, 5) is 11.6. The second-order valence-electron chi connectivity index (χ2n) is 19.0. The average molecular weight is 1010 g/mol. The highest BCUT2D eigenvalue weighted by Gasteiger charge is 2.34. The van der Waals surface area contributed by atoms with Gasteiger partial charge in [-0.2, -0.15) is 0 Å². The molecule has 0 aromatic heterocycles. The third-order valence-corrected chi connectivity index (χ3v) is 13.6. The van der Waals surface area contributed by atoms with Crippen LogP contribution in [0.3, 0.4) is 0 Å². The molecule has 0 aliphatic heterocycles. The van der Waals surface area contributed by atoms with Crippen molar-refractivity contribution in [2.45, 2.75) is 256 Å². The predicted octanol–water partition coefficient (Wildman–Crippen LogP) is 14.2. The van der Waals surface area contributed by atoms with E-state index in [0.29, 0.717) is 51.3 Å². The lowest BCUT2D eigenvalue weighted by Gasteiger charge is -2.34. The van der Waals surface area contributed by atoms with Crippen LogP contribution in [-0.2, 0) is 66.4 Å². The van der Waals surface area contributed by atoms with Gasteiger partial charge >= 0.3 is 5.97 Å². The number of ether oxygens (including phenoxy) is 13. The van der Waals surface area contributed by atoms with Crippen molar-refractivity contribution in [2.24, 2.45) is 0 Å². The van der Waals surface area contributed by atoms with Crippen molar-refractivity contribution in [3.05, 3.63) is 12.2 Å². The van der Waals surface area contributed by atoms with E-state index in [1.165, 1.54) is 96.3 Å². The minimum atomic E-state index is -1.01. The molecule has 0 aromatic carbocycles. The number of carbonyl (C=O) groups excluding carboxylic acids is 1. The van der Waals surface area contributed by atoms with E-state index < -0.39 is 23.9 Å². The normalized spacial score (nSPS) is 12.6. The van der Waals surface area contributed by atoms with Crippen molar-refractivity contribution >= 4 is 5.97 Å². The zero-order valence-corrected chi connectivity index (χ0v) is 47.0. The number of rotatable bonds is 56. The summed E-state index contributed by atoms with van der Waals surface area (Å²) < 4.78 is 74.6. The molecule has 0 aliphatic rings. The van der Waals surface area contributed by atoms with E-state index in [2.05, 4.69) is 6.58 Å². The van der Waals surface area contributed by atoms with Gasteiger partial charge in [-0.1, -0.05) is 154 Å². The SMILES string of the molecule is C=C(C)C(=O)OCCCCCCCCCCCCC(OCCCCCCCCCC(OC)(OC)OC)(OCCCCCCCCCC(OC)(OC)OC)OCCCCCCCCCC(OC)(OC)OC. The van der Waals surface area contributed by atoms with Gasteiger partial charge in [0, 0.05) is 95.2 Å². The molecule has 0 aromatic rings.